The second-order valence-corrected chi connectivity index (χ2v) is 11.0. The summed E-state index contributed by atoms with van der Waals surface area (Å²) in [5, 5.41) is 34.2. The van der Waals surface area contributed by atoms with Crippen LogP contribution in [0.25, 0.3) is 66.1 Å². The molecule has 1 aliphatic heterocycles. The summed E-state index contributed by atoms with van der Waals surface area (Å²) < 4.78 is 6.11. The quantitative estimate of drug-likeness (QED) is 0.173. The van der Waals surface area contributed by atoms with Crippen LogP contribution in [0.1, 0.15) is 26.3 Å². The molecule has 0 unspecified atom stereocenters. The molecule has 0 aromatic heterocycles. The zero-order valence-electron chi connectivity index (χ0n) is 23.0. The Bertz CT molecular complexity index is 2350. The molecular formula is C36H21ClO7. The van der Waals surface area contributed by atoms with Crippen molar-refractivity contribution in [2.45, 2.75) is 6.92 Å². The molecule has 0 amide bonds. The number of aromatic hydroxyl groups is 1. The lowest BCUT2D eigenvalue weighted by molar-refractivity contribution is 0.0696. The normalized spacial score (nSPS) is 11.5. The van der Waals surface area contributed by atoms with Crippen LogP contribution in [0, 0.1) is 6.92 Å². The number of aryl methyl sites for hydroxylation is 1. The van der Waals surface area contributed by atoms with Gasteiger partial charge >= 0.3 is 11.9 Å². The number of carboxylic acids is 2. The van der Waals surface area contributed by atoms with Crippen molar-refractivity contribution in [2.24, 2.45) is 0 Å². The number of benzene rings is 6. The number of hydrogen-bond donors (Lipinski definition) is 3. The van der Waals surface area contributed by atoms with Crippen LogP contribution in [0.15, 0.2) is 100 Å². The van der Waals surface area contributed by atoms with Gasteiger partial charge in [0.2, 0.25) is 0 Å². The van der Waals surface area contributed by atoms with Crippen molar-refractivity contribution in [3.8, 4) is 39.3 Å². The molecule has 3 N–H and O–H groups in total. The van der Waals surface area contributed by atoms with Crippen molar-refractivity contribution in [3.63, 3.8) is 0 Å². The second kappa shape index (κ2) is 9.97. The minimum atomic E-state index is -1.34. The van der Waals surface area contributed by atoms with E-state index in [0.29, 0.717) is 22.1 Å². The average Bonchev–Trinajstić information content (AvgIpc) is 3.01. The molecule has 0 radical (unpaired) electrons. The Morgan fingerprint density at radius 1 is 0.682 bits per heavy atom. The number of hydrogen-bond acceptors (Lipinski definition) is 5. The molecule has 0 spiro atoms. The summed E-state index contributed by atoms with van der Waals surface area (Å²) in [7, 11) is 0. The summed E-state index contributed by atoms with van der Waals surface area (Å²) in [6, 6.07) is 25.3. The van der Waals surface area contributed by atoms with E-state index in [-0.39, 0.29) is 44.2 Å². The maximum absolute atomic E-state index is 13.9. The van der Waals surface area contributed by atoms with Crippen LogP contribution in [-0.4, -0.2) is 27.3 Å². The van der Waals surface area contributed by atoms with Crippen LogP contribution in [0.4, 0.5) is 0 Å². The smallest absolute Gasteiger partial charge is 0.336 e. The number of aromatic carboxylic acids is 2. The lowest BCUT2D eigenvalue weighted by atomic mass is 9.85. The molecule has 1 heterocycles. The Labute approximate surface area is 254 Å². The van der Waals surface area contributed by atoms with Gasteiger partial charge in [0.15, 0.2) is 5.43 Å². The lowest BCUT2D eigenvalue weighted by Crippen LogP contribution is -2.08. The zero-order valence-corrected chi connectivity index (χ0v) is 23.8. The highest BCUT2D eigenvalue weighted by Crippen LogP contribution is 2.46. The highest BCUT2D eigenvalue weighted by Gasteiger charge is 2.26. The van der Waals surface area contributed by atoms with Gasteiger partial charge < -0.3 is 19.7 Å². The fourth-order valence-electron chi connectivity index (χ4n) is 6.12. The van der Waals surface area contributed by atoms with Gasteiger partial charge in [-0.1, -0.05) is 66.2 Å². The minimum Gasteiger partial charge on any atom is -0.506 e. The Kier molecular flexibility index (Phi) is 6.16. The number of phenolic OH excluding ortho intramolecular Hbond substituents is 1. The van der Waals surface area contributed by atoms with Crippen LogP contribution >= 0.6 is 11.6 Å². The zero-order chi connectivity index (χ0) is 30.9. The largest absolute Gasteiger partial charge is 0.506 e. The molecule has 0 atom stereocenters. The molecule has 214 valence electrons. The van der Waals surface area contributed by atoms with Crippen molar-refractivity contribution in [2.75, 3.05) is 0 Å². The van der Waals surface area contributed by atoms with Crippen molar-refractivity contribution in [1.29, 1.82) is 0 Å². The van der Waals surface area contributed by atoms with Crippen LogP contribution in [-0.2, 0) is 0 Å². The topological polar surface area (TPSA) is 125 Å². The van der Waals surface area contributed by atoms with Crippen LogP contribution in [0.3, 0.4) is 0 Å². The van der Waals surface area contributed by atoms with Crippen LogP contribution in [0.5, 0.6) is 5.75 Å². The molecule has 0 fully saturated rings. The first-order valence-electron chi connectivity index (χ1n) is 13.6. The third kappa shape index (κ3) is 4.09. The molecule has 7 rings (SSSR count). The third-order valence-electron chi connectivity index (χ3n) is 8.13. The number of phenols is 1. The van der Waals surface area contributed by atoms with Gasteiger partial charge in [0.05, 0.1) is 16.1 Å². The second-order valence-electron chi connectivity index (χ2n) is 10.6. The Morgan fingerprint density at radius 3 is 1.93 bits per heavy atom. The van der Waals surface area contributed by atoms with Gasteiger partial charge in [-0.15, -0.1) is 0 Å². The number of carbonyl (C=O) groups is 2. The number of halogens is 1. The Hall–Kier alpha value is -5.66. The lowest BCUT2D eigenvalue weighted by Gasteiger charge is -2.20. The number of rotatable bonds is 4. The maximum atomic E-state index is 13.9. The molecule has 1 aliphatic carbocycles. The van der Waals surface area contributed by atoms with Gasteiger partial charge in [0, 0.05) is 39.8 Å². The first kappa shape index (κ1) is 27.2. The van der Waals surface area contributed by atoms with E-state index < -0.39 is 11.9 Å². The van der Waals surface area contributed by atoms with Gasteiger partial charge in [0.1, 0.15) is 17.1 Å². The predicted molar refractivity (Wildman–Crippen MR) is 170 cm³/mol. The van der Waals surface area contributed by atoms with E-state index in [1.54, 1.807) is 6.07 Å². The summed E-state index contributed by atoms with van der Waals surface area (Å²) in [5.41, 5.74) is 2.53. The summed E-state index contributed by atoms with van der Waals surface area (Å²) in [6.07, 6.45) is 0. The minimum absolute atomic E-state index is 0.00326. The van der Waals surface area contributed by atoms with E-state index in [0.717, 1.165) is 38.7 Å². The van der Waals surface area contributed by atoms with Crippen molar-refractivity contribution in [3.05, 3.63) is 123 Å². The molecule has 5 aromatic carbocycles. The van der Waals surface area contributed by atoms with Crippen LogP contribution in [0.2, 0.25) is 5.02 Å². The molecule has 5 aromatic rings. The first-order valence-corrected chi connectivity index (χ1v) is 14.0. The van der Waals surface area contributed by atoms with Crippen molar-refractivity contribution >= 4 is 56.1 Å². The SMILES string of the molecule is Cc1c2ccccc2c(-c2cc3c(-c4ccc(C(=O)O)cc4C(=O)O)c4cc(Cl)c(O)cc4oc-3cc2=O)c2ccccc12. The molecular weight excluding hydrogens is 580 g/mol. The monoisotopic (exact) mass is 600 g/mol. The van der Waals surface area contributed by atoms with E-state index in [9.17, 15) is 29.7 Å². The molecule has 44 heavy (non-hydrogen) atoms. The van der Waals surface area contributed by atoms with Gasteiger partial charge in [-0.3, -0.25) is 4.79 Å². The number of carboxylic acid groups (broad SMARTS) is 2. The highest BCUT2D eigenvalue weighted by atomic mass is 35.5. The number of fused-ring (bicyclic) bond motifs is 4. The van der Waals surface area contributed by atoms with E-state index in [1.165, 1.54) is 30.3 Å². The third-order valence-corrected chi connectivity index (χ3v) is 8.43. The summed E-state index contributed by atoms with van der Waals surface area (Å²) >= 11 is 6.33. The standard InChI is InChI=1S/C36H21ClO7/c1-17-19-6-2-4-8-21(19)33(22-9-5-3-7-20(17)22)25-13-26-31(15-29(25)38)44-32-16-30(39)28(37)14-27(32)34(26)23-11-10-18(35(40)41)12-24(23)36(42)43/h2-16,39H,1H3,(H,40,41)(H,42,43). The van der Waals surface area contributed by atoms with E-state index in [2.05, 4.69) is 0 Å². The molecule has 0 bridgehead atoms. The average molecular weight is 601 g/mol. The van der Waals surface area contributed by atoms with Gasteiger partial charge in [-0.2, -0.15) is 0 Å². The van der Waals surface area contributed by atoms with Crippen molar-refractivity contribution < 1.29 is 29.3 Å². The van der Waals surface area contributed by atoms with E-state index in [1.807, 2.05) is 55.5 Å². The molecule has 7 nitrogen and oxygen atoms in total. The van der Waals surface area contributed by atoms with Gasteiger partial charge in [-0.05, 0) is 63.9 Å². The summed E-state index contributed by atoms with van der Waals surface area (Å²) in [5.74, 6) is -2.72. The molecule has 8 heteroatoms. The van der Waals surface area contributed by atoms with Crippen LogP contribution < -0.4 is 5.43 Å². The summed E-state index contributed by atoms with van der Waals surface area (Å²) in [6.45, 7) is 2.05. The van der Waals surface area contributed by atoms with Crippen molar-refractivity contribution in [1.82, 2.24) is 0 Å². The van der Waals surface area contributed by atoms with E-state index >= 15 is 0 Å². The van der Waals surface area contributed by atoms with E-state index in [4.69, 9.17) is 16.0 Å². The molecule has 0 saturated heterocycles. The fraction of sp³-hybridized carbons (Fsp3) is 0.0278. The predicted octanol–water partition coefficient (Wildman–Crippen LogP) is 8.60. The highest BCUT2D eigenvalue weighted by molar-refractivity contribution is 6.33. The maximum Gasteiger partial charge on any atom is 0.336 e. The Balaban J connectivity index is 1.68. The molecule has 0 saturated carbocycles. The molecule has 2 aliphatic rings. The first-order chi connectivity index (χ1) is 21.1. The Morgan fingerprint density at radius 2 is 1.32 bits per heavy atom. The fourth-order valence-corrected chi connectivity index (χ4v) is 6.29. The van der Waals surface area contributed by atoms with Gasteiger partial charge in [0.25, 0.3) is 0 Å². The van der Waals surface area contributed by atoms with Gasteiger partial charge in [-0.25, -0.2) is 9.59 Å². The summed E-state index contributed by atoms with van der Waals surface area (Å²) in [4.78, 5) is 38.1.